The Kier molecular flexibility index (Phi) is 7.33. The molecule has 0 bridgehead atoms. The van der Waals surface area contributed by atoms with Crippen LogP contribution < -0.4 is 10.6 Å². The summed E-state index contributed by atoms with van der Waals surface area (Å²) in [5.74, 6) is -1.23. The average Bonchev–Trinajstić information content (AvgIpc) is 2.64. The lowest BCUT2D eigenvalue weighted by Gasteiger charge is -2.16. The van der Waals surface area contributed by atoms with Crippen LogP contribution in [0.2, 0.25) is 0 Å². The molecule has 0 saturated heterocycles. The lowest BCUT2D eigenvalue weighted by molar-refractivity contribution is -0.138. The molecular formula is C19H20F5N3O. The third kappa shape index (κ3) is 6.19. The van der Waals surface area contributed by atoms with Crippen LogP contribution in [0, 0.1) is 11.6 Å². The summed E-state index contributed by atoms with van der Waals surface area (Å²) in [6, 6.07) is 7.71. The smallest absolute Gasteiger partial charge is 0.387 e. The van der Waals surface area contributed by atoms with Gasteiger partial charge >= 0.3 is 6.18 Å². The van der Waals surface area contributed by atoms with Gasteiger partial charge in [-0.25, -0.2) is 13.8 Å². The van der Waals surface area contributed by atoms with Crippen LogP contribution in [-0.2, 0) is 12.7 Å². The van der Waals surface area contributed by atoms with Crippen LogP contribution in [0.5, 0.6) is 0 Å². The zero-order valence-corrected chi connectivity index (χ0v) is 15.0. The SMILES string of the molecule is CCNC(=NCc1ccc(F)cc1C(F)(F)F)NCC(O)c1ccc(F)cc1. The van der Waals surface area contributed by atoms with Crippen molar-refractivity contribution in [3.63, 3.8) is 0 Å². The maximum Gasteiger partial charge on any atom is 0.416 e. The van der Waals surface area contributed by atoms with E-state index in [9.17, 15) is 27.1 Å². The van der Waals surface area contributed by atoms with Gasteiger partial charge in [0, 0.05) is 13.1 Å². The first-order valence-electron chi connectivity index (χ1n) is 8.52. The fourth-order valence-corrected chi connectivity index (χ4v) is 2.45. The summed E-state index contributed by atoms with van der Waals surface area (Å²) in [6.07, 6.45) is -5.67. The molecule has 0 aliphatic heterocycles. The lowest BCUT2D eigenvalue weighted by Crippen LogP contribution is -2.39. The van der Waals surface area contributed by atoms with Gasteiger partial charge in [0.1, 0.15) is 11.6 Å². The molecule has 1 unspecified atom stereocenters. The molecule has 1 atom stereocenters. The van der Waals surface area contributed by atoms with E-state index in [1.807, 2.05) is 0 Å². The van der Waals surface area contributed by atoms with E-state index in [0.717, 1.165) is 12.1 Å². The van der Waals surface area contributed by atoms with Gasteiger partial charge in [-0.2, -0.15) is 13.2 Å². The monoisotopic (exact) mass is 401 g/mol. The second kappa shape index (κ2) is 9.50. The highest BCUT2D eigenvalue weighted by molar-refractivity contribution is 5.79. The van der Waals surface area contributed by atoms with Gasteiger partial charge in [-0.15, -0.1) is 0 Å². The first-order valence-corrected chi connectivity index (χ1v) is 8.52. The minimum Gasteiger partial charge on any atom is -0.387 e. The molecular weight excluding hydrogens is 381 g/mol. The Morgan fingerprint density at radius 1 is 1.04 bits per heavy atom. The Hall–Kier alpha value is -2.68. The van der Waals surface area contributed by atoms with Crippen molar-refractivity contribution in [1.82, 2.24) is 10.6 Å². The molecule has 2 aromatic rings. The fraction of sp³-hybridized carbons (Fsp3) is 0.316. The van der Waals surface area contributed by atoms with Gasteiger partial charge in [-0.3, -0.25) is 0 Å². The minimum atomic E-state index is -4.70. The van der Waals surface area contributed by atoms with Gasteiger partial charge in [0.2, 0.25) is 0 Å². The third-order valence-corrected chi connectivity index (χ3v) is 3.85. The number of benzene rings is 2. The fourth-order valence-electron chi connectivity index (χ4n) is 2.45. The molecule has 4 nitrogen and oxygen atoms in total. The van der Waals surface area contributed by atoms with E-state index in [1.165, 1.54) is 24.3 Å². The highest BCUT2D eigenvalue weighted by atomic mass is 19.4. The Morgan fingerprint density at radius 2 is 1.68 bits per heavy atom. The summed E-state index contributed by atoms with van der Waals surface area (Å²) < 4.78 is 65.3. The van der Waals surface area contributed by atoms with E-state index in [-0.39, 0.29) is 24.6 Å². The van der Waals surface area contributed by atoms with Gasteiger partial charge in [0.25, 0.3) is 0 Å². The van der Waals surface area contributed by atoms with E-state index in [4.69, 9.17) is 0 Å². The number of aliphatic imine (C=N–C) groups is 1. The Labute approximate surface area is 159 Å². The Bertz CT molecular complexity index is 806. The number of hydrogen-bond acceptors (Lipinski definition) is 2. The highest BCUT2D eigenvalue weighted by Crippen LogP contribution is 2.32. The predicted molar refractivity (Wildman–Crippen MR) is 95.6 cm³/mol. The largest absolute Gasteiger partial charge is 0.416 e. The van der Waals surface area contributed by atoms with Crippen LogP contribution in [0.1, 0.15) is 29.7 Å². The molecule has 0 radical (unpaired) electrons. The first-order chi connectivity index (χ1) is 13.2. The van der Waals surface area contributed by atoms with Crippen LogP contribution in [0.15, 0.2) is 47.5 Å². The number of aliphatic hydroxyl groups excluding tert-OH is 1. The molecule has 0 aliphatic carbocycles. The molecule has 0 saturated carbocycles. The molecule has 0 heterocycles. The normalized spacial score (nSPS) is 13.3. The molecule has 0 aromatic heterocycles. The molecule has 9 heteroatoms. The van der Waals surface area contributed by atoms with Gasteiger partial charge in [0.15, 0.2) is 5.96 Å². The van der Waals surface area contributed by atoms with E-state index in [0.29, 0.717) is 18.2 Å². The van der Waals surface area contributed by atoms with Crippen molar-refractivity contribution >= 4 is 5.96 Å². The molecule has 0 aliphatic rings. The average molecular weight is 401 g/mol. The van der Waals surface area contributed by atoms with Crippen molar-refractivity contribution in [3.8, 4) is 0 Å². The standard InChI is InChI=1S/C19H20F5N3O/c1-2-25-18(27-11-17(28)12-3-6-14(20)7-4-12)26-10-13-5-8-15(21)9-16(13)19(22,23)24/h3-9,17,28H,2,10-11H2,1H3,(H2,25,26,27). The molecule has 152 valence electrons. The molecule has 0 amide bonds. The Morgan fingerprint density at radius 3 is 2.29 bits per heavy atom. The summed E-state index contributed by atoms with van der Waals surface area (Å²) in [5.41, 5.74) is -0.786. The first kappa shape index (κ1) is 21.6. The predicted octanol–water partition coefficient (Wildman–Crippen LogP) is 3.77. The van der Waals surface area contributed by atoms with E-state index in [1.54, 1.807) is 6.92 Å². The van der Waals surface area contributed by atoms with Crippen LogP contribution in [-0.4, -0.2) is 24.2 Å². The second-order valence-electron chi connectivity index (χ2n) is 5.94. The van der Waals surface area contributed by atoms with Gasteiger partial charge in [0.05, 0.1) is 18.2 Å². The second-order valence-corrected chi connectivity index (χ2v) is 5.94. The summed E-state index contributed by atoms with van der Waals surface area (Å²) in [7, 11) is 0. The molecule has 3 N–H and O–H groups in total. The number of nitrogens with one attached hydrogen (secondary N) is 2. The number of guanidine groups is 1. The van der Waals surface area contributed by atoms with Crippen molar-refractivity contribution in [2.24, 2.45) is 4.99 Å². The van der Waals surface area contributed by atoms with Crippen molar-refractivity contribution in [2.75, 3.05) is 13.1 Å². The number of nitrogens with zero attached hydrogens (tertiary/aromatic N) is 1. The van der Waals surface area contributed by atoms with E-state index in [2.05, 4.69) is 15.6 Å². The van der Waals surface area contributed by atoms with Gasteiger partial charge in [-0.1, -0.05) is 18.2 Å². The zero-order chi connectivity index (χ0) is 20.7. The number of aliphatic hydroxyl groups is 1. The van der Waals surface area contributed by atoms with Crippen LogP contribution in [0.4, 0.5) is 22.0 Å². The summed E-state index contributed by atoms with van der Waals surface area (Å²) in [4.78, 5) is 4.07. The summed E-state index contributed by atoms with van der Waals surface area (Å²) in [6.45, 7) is 1.88. The number of halogens is 5. The van der Waals surface area contributed by atoms with E-state index < -0.39 is 29.5 Å². The molecule has 28 heavy (non-hydrogen) atoms. The topological polar surface area (TPSA) is 56.7 Å². The van der Waals surface area contributed by atoms with Crippen molar-refractivity contribution < 1.29 is 27.1 Å². The minimum absolute atomic E-state index is 0.00696. The van der Waals surface area contributed by atoms with Crippen molar-refractivity contribution in [2.45, 2.75) is 25.7 Å². The maximum absolute atomic E-state index is 13.2. The summed E-state index contributed by atoms with van der Waals surface area (Å²) in [5, 5.41) is 15.8. The molecule has 2 aromatic carbocycles. The quantitative estimate of drug-likeness (QED) is 0.392. The van der Waals surface area contributed by atoms with Gasteiger partial charge in [-0.05, 0) is 42.3 Å². The van der Waals surface area contributed by atoms with Gasteiger partial charge < -0.3 is 15.7 Å². The van der Waals surface area contributed by atoms with Crippen molar-refractivity contribution in [3.05, 3.63) is 70.8 Å². The van der Waals surface area contributed by atoms with Crippen molar-refractivity contribution in [1.29, 1.82) is 0 Å². The highest BCUT2D eigenvalue weighted by Gasteiger charge is 2.33. The molecule has 2 rings (SSSR count). The third-order valence-electron chi connectivity index (χ3n) is 3.85. The van der Waals surface area contributed by atoms with Crippen LogP contribution in [0.3, 0.4) is 0 Å². The number of rotatable bonds is 6. The molecule has 0 fully saturated rings. The lowest BCUT2D eigenvalue weighted by atomic mass is 10.1. The number of alkyl halides is 3. The summed E-state index contributed by atoms with van der Waals surface area (Å²) >= 11 is 0. The molecule has 0 spiro atoms. The van der Waals surface area contributed by atoms with Crippen LogP contribution in [0.25, 0.3) is 0 Å². The van der Waals surface area contributed by atoms with E-state index >= 15 is 0 Å². The Balaban J connectivity index is 2.09. The van der Waals surface area contributed by atoms with Crippen LogP contribution >= 0.6 is 0 Å². The number of hydrogen-bond donors (Lipinski definition) is 3. The maximum atomic E-state index is 13.2. The zero-order valence-electron chi connectivity index (χ0n) is 15.0.